The first-order chi connectivity index (χ1) is 10.8. The molecule has 22 heavy (non-hydrogen) atoms. The Bertz CT molecular complexity index is 936. The van der Waals surface area contributed by atoms with Crippen molar-refractivity contribution >= 4 is 22.6 Å². The maximum absolute atomic E-state index is 10.9. The zero-order valence-electron chi connectivity index (χ0n) is 11.6. The summed E-state index contributed by atoms with van der Waals surface area (Å²) in [5.41, 5.74) is 5.03. The normalized spacial score (nSPS) is 10.9. The van der Waals surface area contributed by atoms with Crippen LogP contribution in [0.15, 0.2) is 66.2 Å². The van der Waals surface area contributed by atoms with E-state index in [4.69, 9.17) is 0 Å². The minimum Gasteiger partial charge on any atom is -0.296 e. The lowest BCUT2D eigenvalue weighted by Crippen LogP contribution is -1.84. The first-order valence-corrected chi connectivity index (χ1v) is 7.81. The van der Waals surface area contributed by atoms with Gasteiger partial charge in [0.1, 0.15) is 5.69 Å². The van der Waals surface area contributed by atoms with E-state index in [-0.39, 0.29) is 0 Å². The molecule has 0 saturated carbocycles. The lowest BCUT2D eigenvalue weighted by atomic mass is 10.0. The Morgan fingerprint density at radius 1 is 0.909 bits per heavy atom. The Hall–Kier alpha value is -2.72. The third kappa shape index (κ3) is 2.14. The quantitative estimate of drug-likeness (QED) is 0.521. The van der Waals surface area contributed by atoms with E-state index >= 15 is 0 Å². The van der Waals surface area contributed by atoms with Crippen LogP contribution in [0.2, 0.25) is 0 Å². The molecule has 4 aromatic rings. The summed E-state index contributed by atoms with van der Waals surface area (Å²) in [7, 11) is 0. The second-order valence-corrected chi connectivity index (χ2v) is 5.84. The summed E-state index contributed by atoms with van der Waals surface area (Å²) in [6, 6.07) is 18.7. The molecule has 106 valence electrons. The van der Waals surface area contributed by atoms with E-state index < -0.39 is 0 Å². The van der Waals surface area contributed by atoms with E-state index in [1.807, 2.05) is 22.6 Å². The van der Waals surface area contributed by atoms with Gasteiger partial charge in [-0.1, -0.05) is 54.6 Å². The standard InChI is InChI=1S/C18H12N2OS/c21-11-16-10-20-17(12-22-18(20)19-16)15-8-6-14(7-9-15)13-4-2-1-3-5-13/h1-12H. The summed E-state index contributed by atoms with van der Waals surface area (Å²) in [4.78, 5) is 15.9. The van der Waals surface area contributed by atoms with E-state index in [1.54, 1.807) is 6.20 Å². The molecule has 0 aliphatic heterocycles. The molecule has 2 aromatic carbocycles. The van der Waals surface area contributed by atoms with Gasteiger partial charge in [-0.15, -0.1) is 11.3 Å². The molecule has 0 aliphatic rings. The minimum atomic E-state index is 0.467. The van der Waals surface area contributed by atoms with Gasteiger partial charge in [0.05, 0.1) is 5.69 Å². The number of hydrogen-bond donors (Lipinski definition) is 0. The fourth-order valence-electron chi connectivity index (χ4n) is 2.53. The molecule has 0 bridgehead atoms. The largest absolute Gasteiger partial charge is 0.296 e. The molecule has 0 radical (unpaired) electrons. The van der Waals surface area contributed by atoms with Crippen LogP contribution >= 0.6 is 11.3 Å². The van der Waals surface area contributed by atoms with E-state index in [0.29, 0.717) is 5.69 Å². The van der Waals surface area contributed by atoms with Gasteiger partial charge in [0.2, 0.25) is 0 Å². The molecular weight excluding hydrogens is 292 g/mol. The number of rotatable bonds is 3. The maximum Gasteiger partial charge on any atom is 0.194 e. The number of fused-ring (bicyclic) bond motifs is 1. The van der Waals surface area contributed by atoms with Crippen LogP contribution in [0, 0.1) is 0 Å². The summed E-state index contributed by atoms with van der Waals surface area (Å²) in [6.07, 6.45) is 2.56. The molecule has 0 saturated heterocycles. The summed E-state index contributed by atoms with van der Waals surface area (Å²) in [5, 5.41) is 2.06. The molecule has 0 amide bonds. The fraction of sp³-hybridized carbons (Fsp3) is 0. The Kier molecular flexibility index (Phi) is 3.09. The van der Waals surface area contributed by atoms with Crippen LogP contribution in [0.4, 0.5) is 0 Å². The van der Waals surface area contributed by atoms with Crippen LogP contribution in [0.25, 0.3) is 27.3 Å². The maximum atomic E-state index is 10.9. The number of hydrogen-bond acceptors (Lipinski definition) is 3. The van der Waals surface area contributed by atoms with Gasteiger partial charge in [-0.25, -0.2) is 4.98 Å². The smallest absolute Gasteiger partial charge is 0.194 e. The fourth-order valence-corrected chi connectivity index (χ4v) is 3.42. The van der Waals surface area contributed by atoms with Gasteiger partial charge in [-0.05, 0) is 16.7 Å². The van der Waals surface area contributed by atoms with Crippen LogP contribution in [-0.4, -0.2) is 15.7 Å². The van der Waals surface area contributed by atoms with Crippen molar-refractivity contribution in [2.24, 2.45) is 0 Å². The number of imidazole rings is 1. The number of nitrogens with zero attached hydrogens (tertiary/aromatic N) is 2. The van der Waals surface area contributed by atoms with E-state index in [9.17, 15) is 4.79 Å². The van der Waals surface area contributed by atoms with Crippen molar-refractivity contribution in [1.82, 2.24) is 9.38 Å². The lowest BCUT2D eigenvalue weighted by molar-refractivity contribution is 0.111. The van der Waals surface area contributed by atoms with Crippen molar-refractivity contribution in [3.8, 4) is 22.4 Å². The molecule has 4 rings (SSSR count). The van der Waals surface area contributed by atoms with Gasteiger partial charge in [-0.3, -0.25) is 9.20 Å². The minimum absolute atomic E-state index is 0.467. The molecule has 0 aliphatic carbocycles. The van der Waals surface area contributed by atoms with Gasteiger partial charge in [-0.2, -0.15) is 0 Å². The van der Waals surface area contributed by atoms with Crippen molar-refractivity contribution in [3.05, 3.63) is 71.9 Å². The number of aromatic nitrogens is 2. The van der Waals surface area contributed by atoms with Crippen molar-refractivity contribution in [2.45, 2.75) is 0 Å². The van der Waals surface area contributed by atoms with Crippen molar-refractivity contribution in [3.63, 3.8) is 0 Å². The van der Waals surface area contributed by atoms with Gasteiger partial charge in [0, 0.05) is 11.6 Å². The number of carbonyl (C=O) groups is 1. The number of thiazole rings is 1. The molecule has 2 aromatic heterocycles. The zero-order chi connectivity index (χ0) is 14.9. The Balaban J connectivity index is 1.76. The Morgan fingerprint density at radius 3 is 2.32 bits per heavy atom. The highest BCUT2D eigenvalue weighted by Gasteiger charge is 2.09. The number of aldehydes is 1. The highest BCUT2D eigenvalue weighted by Crippen LogP contribution is 2.28. The predicted molar refractivity (Wildman–Crippen MR) is 89.3 cm³/mol. The van der Waals surface area contributed by atoms with Crippen LogP contribution in [0.5, 0.6) is 0 Å². The third-order valence-electron chi connectivity index (χ3n) is 3.64. The van der Waals surface area contributed by atoms with Crippen LogP contribution in [0.1, 0.15) is 10.5 Å². The van der Waals surface area contributed by atoms with E-state index in [1.165, 1.54) is 22.5 Å². The highest BCUT2D eigenvalue weighted by molar-refractivity contribution is 7.15. The summed E-state index contributed by atoms with van der Waals surface area (Å²) in [6.45, 7) is 0. The first-order valence-electron chi connectivity index (χ1n) is 6.93. The van der Waals surface area contributed by atoms with Gasteiger partial charge in [0.25, 0.3) is 0 Å². The van der Waals surface area contributed by atoms with E-state index in [2.05, 4.69) is 46.8 Å². The Labute approximate surface area is 131 Å². The highest BCUT2D eigenvalue weighted by atomic mass is 32.1. The molecule has 3 nitrogen and oxygen atoms in total. The summed E-state index contributed by atoms with van der Waals surface area (Å²) >= 11 is 1.54. The zero-order valence-corrected chi connectivity index (χ0v) is 12.5. The molecule has 0 atom stereocenters. The van der Waals surface area contributed by atoms with Crippen molar-refractivity contribution < 1.29 is 4.79 Å². The summed E-state index contributed by atoms with van der Waals surface area (Å²) in [5.74, 6) is 0. The third-order valence-corrected chi connectivity index (χ3v) is 4.48. The van der Waals surface area contributed by atoms with E-state index in [0.717, 1.165) is 22.5 Å². The molecular formula is C18H12N2OS. The molecule has 0 N–H and O–H groups in total. The van der Waals surface area contributed by atoms with Gasteiger partial charge >= 0.3 is 0 Å². The average molecular weight is 304 g/mol. The molecule has 0 unspecified atom stereocenters. The molecule has 0 spiro atoms. The van der Waals surface area contributed by atoms with Crippen molar-refractivity contribution in [2.75, 3.05) is 0 Å². The SMILES string of the molecule is O=Cc1cn2c(-c3ccc(-c4ccccc4)cc3)csc2n1. The number of carbonyl (C=O) groups excluding carboxylic acids is 1. The van der Waals surface area contributed by atoms with Crippen molar-refractivity contribution in [1.29, 1.82) is 0 Å². The molecule has 4 heteroatoms. The number of benzene rings is 2. The Morgan fingerprint density at radius 2 is 1.59 bits per heavy atom. The topological polar surface area (TPSA) is 34.4 Å². The van der Waals surface area contributed by atoms with Crippen LogP contribution < -0.4 is 0 Å². The summed E-state index contributed by atoms with van der Waals surface area (Å²) < 4.78 is 1.96. The van der Waals surface area contributed by atoms with Gasteiger partial charge in [0.15, 0.2) is 11.2 Å². The van der Waals surface area contributed by atoms with Gasteiger partial charge < -0.3 is 0 Å². The van der Waals surface area contributed by atoms with Crippen LogP contribution in [0.3, 0.4) is 0 Å². The molecule has 0 fully saturated rings. The average Bonchev–Trinajstić information content (AvgIpc) is 3.16. The lowest BCUT2D eigenvalue weighted by Gasteiger charge is -2.04. The monoisotopic (exact) mass is 304 g/mol. The molecule has 2 heterocycles. The van der Waals surface area contributed by atoms with Crippen LogP contribution in [-0.2, 0) is 0 Å². The second kappa shape index (κ2) is 5.24. The second-order valence-electron chi connectivity index (χ2n) is 5.00. The first kappa shape index (κ1) is 13.0. The predicted octanol–water partition coefficient (Wildman–Crippen LogP) is 4.54.